The topological polar surface area (TPSA) is 9.23 Å². The van der Waals surface area contributed by atoms with E-state index in [1.807, 2.05) is 13.8 Å². The first-order chi connectivity index (χ1) is 10.9. The number of hydrogen-bond donors (Lipinski definition) is 0. The molecule has 0 aromatic heterocycles. The van der Waals surface area contributed by atoms with Crippen LogP contribution >= 0.6 is 0 Å². The second kappa shape index (κ2) is 10.1. The van der Waals surface area contributed by atoms with Crippen molar-refractivity contribution >= 4 is 14.5 Å². The smallest absolute Gasteiger partial charge is 0.546 e. The second-order valence-electron chi connectivity index (χ2n) is 5.63. The van der Waals surface area contributed by atoms with Crippen LogP contribution in [0.1, 0.15) is 52.4 Å². The molecule has 1 rings (SSSR count). The van der Waals surface area contributed by atoms with Crippen molar-refractivity contribution < 1.29 is 25.7 Å². The average Bonchev–Trinajstić information content (AvgIpc) is 2.55. The van der Waals surface area contributed by atoms with Crippen LogP contribution in [-0.2, 0) is 0 Å². The Hall–Kier alpha value is -0.798. The standard InChI is InChI=1S/C6HF5O.2C5H11.Al/c7-1-2(8)4(10)6(12)5(11)3(1)9;2*1-3-5-4-2;/h12H;2*1,3-5H2,2H3;/q;;;+1/p-1. The third-order valence-corrected chi connectivity index (χ3v) is 6.39. The van der Waals surface area contributed by atoms with Crippen LogP contribution in [0.25, 0.3) is 0 Å². The molecule has 0 radical (unpaired) electrons. The fourth-order valence-corrected chi connectivity index (χ4v) is 4.91. The lowest BCUT2D eigenvalue weighted by molar-refractivity contribution is 0.347. The highest BCUT2D eigenvalue weighted by molar-refractivity contribution is 6.52. The van der Waals surface area contributed by atoms with Crippen molar-refractivity contribution in [3.8, 4) is 5.75 Å². The first-order valence-corrected chi connectivity index (χ1v) is 10.2. The highest BCUT2D eigenvalue weighted by Gasteiger charge is 2.31. The fourth-order valence-electron chi connectivity index (χ4n) is 2.36. The minimum Gasteiger partial charge on any atom is -0.638 e. The Morgan fingerprint density at radius 2 is 1.04 bits per heavy atom. The molecule has 0 amide bonds. The molecule has 0 spiro atoms. The van der Waals surface area contributed by atoms with Crippen molar-refractivity contribution in [3.63, 3.8) is 0 Å². The lowest BCUT2D eigenvalue weighted by Gasteiger charge is -2.17. The lowest BCUT2D eigenvalue weighted by atomic mass is 10.3. The molecule has 0 bridgehead atoms. The Kier molecular flexibility index (Phi) is 8.93. The average molecular weight is 352 g/mol. The van der Waals surface area contributed by atoms with Crippen LogP contribution in [0.3, 0.4) is 0 Å². The summed E-state index contributed by atoms with van der Waals surface area (Å²) in [5.74, 6) is -10.9. The molecule has 0 aliphatic rings. The summed E-state index contributed by atoms with van der Waals surface area (Å²) in [6, 6.07) is 0. The molecule has 130 valence electrons. The van der Waals surface area contributed by atoms with E-state index >= 15 is 0 Å². The van der Waals surface area contributed by atoms with Crippen molar-refractivity contribution in [2.45, 2.75) is 62.9 Å². The van der Waals surface area contributed by atoms with E-state index in [1.165, 1.54) is 0 Å². The number of unbranched alkanes of at least 4 members (excludes halogenated alkanes) is 4. The first-order valence-electron chi connectivity index (χ1n) is 8.12. The molecule has 0 N–H and O–H groups in total. The van der Waals surface area contributed by atoms with Crippen molar-refractivity contribution in [1.82, 2.24) is 0 Å². The van der Waals surface area contributed by atoms with Crippen LogP contribution in [0.5, 0.6) is 5.75 Å². The van der Waals surface area contributed by atoms with Gasteiger partial charge in [-0.15, -0.1) is 0 Å². The van der Waals surface area contributed by atoms with E-state index in [9.17, 15) is 22.0 Å². The predicted molar refractivity (Wildman–Crippen MR) is 81.3 cm³/mol. The Labute approximate surface area is 138 Å². The molecule has 7 heteroatoms. The van der Waals surface area contributed by atoms with Crippen LogP contribution in [0.15, 0.2) is 0 Å². The summed E-state index contributed by atoms with van der Waals surface area (Å²) >= 11 is -2.07. The normalized spacial score (nSPS) is 10.9. The molecule has 0 heterocycles. The van der Waals surface area contributed by atoms with Gasteiger partial charge in [-0.3, -0.25) is 0 Å². The summed E-state index contributed by atoms with van der Waals surface area (Å²) in [5, 5.41) is 1.33. The molecular weight excluding hydrogens is 330 g/mol. The van der Waals surface area contributed by atoms with E-state index < -0.39 is 49.3 Å². The molecule has 0 saturated carbocycles. The Bertz CT molecular complexity index is 471. The minimum absolute atomic E-state index is 0.664. The molecule has 0 saturated heterocycles. The van der Waals surface area contributed by atoms with Gasteiger partial charge in [0.1, 0.15) is 0 Å². The minimum atomic E-state index is -2.15. The van der Waals surface area contributed by atoms with Crippen molar-refractivity contribution in [2.75, 3.05) is 0 Å². The molecule has 0 atom stereocenters. The molecule has 1 aromatic rings. The lowest BCUT2D eigenvalue weighted by Crippen LogP contribution is -2.23. The maximum atomic E-state index is 13.7. The van der Waals surface area contributed by atoms with Gasteiger partial charge in [0.25, 0.3) is 0 Å². The Morgan fingerprint density at radius 3 is 1.43 bits per heavy atom. The van der Waals surface area contributed by atoms with Crippen LogP contribution in [0.2, 0.25) is 10.6 Å². The highest BCUT2D eigenvalue weighted by atomic mass is 27.2. The Morgan fingerprint density at radius 1 is 0.652 bits per heavy atom. The van der Waals surface area contributed by atoms with E-state index in [4.69, 9.17) is 3.79 Å². The Balaban J connectivity index is 2.93. The number of rotatable bonds is 10. The maximum Gasteiger partial charge on any atom is 0.546 e. The summed E-state index contributed by atoms with van der Waals surface area (Å²) in [4.78, 5) is 0. The maximum absolute atomic E-state index is 13.7. The largest absolute Gasteiger partial charge is 0.638 e. The van der Waals surface area contributed by atoms with E-state index in [1.54, 1.807) is 0 Å². The second-order valence-corrected chi connectivity index (χ2v) is 8.26. The number of halogens is 5. The van der Waals surface area contributed by atoms with Crippen LogP contribution in [0, 0.1) is 29.1 Å². The summed E-state index contributed by atoms with van der Waals surface area (Å²) in [6.45, 7) is 4.05. The molecule has 23 heavy (non-hydrogen) atoms. The van der Waals surface area contributed by atoms with Crippen molar-refractivity contribution in [2.24, 2.45) is 0 Å². The molecule has 0 unspecified atom stereocenters. The molecular formula is C16H22AlF5O. The van der Waals surface area contributed by atoms with Gasteiger partial charge in [0, 0.05) is 0 Å². The van der Waals surface area contributed by atoms with E-state index in [0.717, 1.165) is 38.5 Å². The quantitative estimate of drug-likeness (QED) is 0.162. The third kappa shape index (κ3) is 5.65. The zero-order valence-electron chi connectivity index (χ0n) is 13.5. The monoisotopic (exact) mass is 352 g/mol. The van der Waals surface area contributed by atoms with E-state index in [-0.39, 0.29) is 0 Å². The van der Waals surface area contributed by atoms with E-state index in [0.29, 0.717) is 10.6 Å². The van der Waals surface area contributed by atoms with Gasteiger partial charge in [-0.2, -0.15) is 8.78 Å². The highest BCUT2D eigenvalue weighted by Crippen LogP contribution is 2.30. The summed E-state index contributed by atoms with van der Waals surface area (Å²) in [6.07, 6.45) is 5.57. The van der Waals surface area contributed by atoms with Gasteiger partial charge in [0.15, 0.2) is 5.75 Å². The molecule has 1 aromatic carbocycles. The first kappa shape index (κ1) is 20.2. The van der Waals surface area contributed by atoms with Crippen molar-refractivity contribution in [1.29, 1.82) is 0 Å². The van der Waals surface area contributed by atoms with Gasteiger partial charge < -0.3 is 3.79 Å². The van der Waals surface area contributed by atoms with Gasteiger partial charge in [0.2, 0.25) is 29.1 Å². The predicted octanol–water partition coefficient (Wildman–Crippen LogP) is 6.13. The van der Waals surface area contributed by atoms with Gasteiger partial charge in [-0.05, 0) is 0 Å². The number of benzene rings is 1. The summed E-state index contributed by atoms with van der Waals surface area (Å²) in [5.41, 5.74) is 0. The molecule has 1 nitrogen and oxygen atoms in total. The van der Waals surface area contributed by atoms with Gasteiger partial charge in [0.05, 0.1) is 0 Å². The zero-order chi connectivity index (χ0) is 17.4. The van der Waals surface area contributed by atoms with Gasteiger partial charge in [-0.1, -0.05) is 62.9 Å². The van der Waals surface area contributed by atoms with Gasteiger partial charge in [-0.25, -0.2) is 13.2 Å². The number of hydrogen-bond acceptors (Lipinski definition) is 1. The SMILES string of the molecule is CCCC[CH2][Al]([CH2]CCCC)[O]c1c(F)c(F)c(F)c(F)c1F. The van der Waals surface area contributed by atoms with Crippen molar-refractivity contribution in [3.05, 3.63) is 29.1 Å². The van der Waals surface area contributed by atoms with Gasteiger partial charge >= 0.3 is 14.5 Å². The van der Waals surface area contributed by atoms with Crippen LogP contribution < -0.4 is 3.79 Å². The summed E-state index contributed by atoms with van der Waals surface area (Å²) in [7, 11) is 0. The third-order valence-electron chi connectivity index (χ3n) is 3.71. The molecule has 0 fully saturated rings. The van der Waals surface area contributed by atoms with Crippen LogP contribution in [0.4, 0.5) is 22.0 Å². The zero-order valence-corrected chi connectivity index (χ0v) is 14.7. The fraction of sp³-hybridized carbons (Fsp3) is 0.625. The molecule has 0 aliphatic carbocycles. The van der Waals surface area contributed by atoms with Crippen LogP contribution in [-0.4, -0.2) is 14.5 Å². The molecule has 0 aliphatic heterocycles. The van der Waals surface area contributed by atoms with E-state index in [2.05, 4.69) is 0 Å². The summed E-state index contributed by atoms with van der Waals surface area (Å²) < 4.78 is 72.3.